The van der Waals surface area contributed by atoms with E-state index in [1.165, 1.54) is 12.1 Å². The van der Waals surface area contributed by atoms with Gasteiger partial charge in [-0.2, -0.15) is 0 Å². The quantitative estimate of drug-likeness (QED) is 0.849. The standard InChI is InChI=1S/C15H23FN2O.ClH/c1-4-15(5-2,10-17)18-14(19)11(3)12-7-6-8-13(16)9-12;/h6-9,11H,4-5,10,17H2,1-3H3,(H,18,19);1H. The van der Waals surface area contributed by atoms with Crippen LogP contribution in [0.25, 0.3) is 0 Å². The zero-order valence-electron chi connectivity index (χ0n) is 12.3. The van der Waals surface area contributed by atoms with Crippen LogP contribution in [-0.4, -0.2) is 18.0 Å². The number of hydrogen-bond acceptors (Lipinski definition) is 2. The molecule has 0 fully saturated rings. The second kappa shape index (κ2) is 8.22. The molecule has 1 atom stereocenters. The molecule has 0 aliphatic carbocycles. The first-order chi connectivity index (χ1) is 8.98. The minimum Gasteiger partial charge on any atom is -0.349 e. The Kier molecular flexibility index (Phi) is 7.76. The van der Waals surface area contributed by atoms with Crippen LogP contribution in [0.2, 0.25) is 0 Å². The summed E-state index contributed by atoms with van der Waals surface area (Å²) in [6.45, 7) is 6.19. The second-order valence-corrected chi connectivity index (χ2v) is 4.96. The molecule has 1 aromatic rings. The van der Waals surface area contributed by atoms with Crippen molar-refractivity contribution >= 4 is 18.3 Å². The summed E-state index contributed by atoms with van der Waals surface area (Å²) < 4.78 is 13.2. The summed E-state index contributed by atoms with van der Waals surface area (Å²) in [6, 6.07) is 6.14. The van der Waals surface area contributed by atoms with Crippen molar-refractivity contribution in [2.45, 2.75) is 45.1 Å². The molecule has 0 saturated heterocycles. The van der Waals surface area contributed by atoms with Gasteiger partial charge in [-0.25, -0.2) is 4.39 Å². The number of carbonyl (C=O) groups excluding carboxylic acids is 1. The van der Waals surface area contributed by atoms with Crippen LogP contribution in [0.15, 0.2) is 24.3 Å². The average molecular weight is 303 g/mol. The van der Waals surface area contributed by atoms with Gasteiger partial charge in [-0.05, 0) is 37.5 Å². The molecule has 0 heterocycles. The van der Waals surface area contributed by atoms with Crippen molar-refractivity contribution in [2.75, 3.05) is 6.54 Å². The Morgan fingerprint density at radius 3 is 2.45 bits per heavy atom. The van der Waals surface area contributed by atoms with E-state index in [9.17, 15) is 9.18 Å². The van der Waals surface area contributed by atoms with Crippen LogP contribution in [0.5, 0.6) is 0 Å². The summed E-state index contributed by atoms with van der Waals surface area (Å²) in [5, 5.41) is 3.01. The fraction of sp³-hybridized carbons (Fsp3) is 0.533. The van der Waals surface area contributed by atoms with E-state index in [1.54, 1.807) is 19.1 Å². The maximum absolute atomic E-state index is 13.2. The number of hydrogen-bond donors (Lipinski definition) is 2. The van der Waals surface area contributed by atoms with Gasteiger partial charge in [-0.15, -0.1) is 12.4 Å². The van der Waals surface area contributed by atoms with Crippen LogP contribution in [0.4, 0.5) is 4.39 Å². The van der Waals surface area contributed by atoms with Gasteiger partial charge >= 0.3 is 0 Å². The molecule has 1 amide bonds. The van der Waals surface area contributed by atoms with E-state index in [1.807, 2.05) is 13.8 Å². The smallest absolute Gasteiger partial charge is 0.227 e. The van der Waals surface area contributed by atoms with Crippen molar-refractivity contribution in [3.05, 3.63) is 35.6 Å². The van der Waals surface area contributed by atoms with Crippen LogP contribution in [0, 0.1) is 5.82 Å². The highest BCUT2D eigenvalue weighted by molar-refractivity contribution is 5.85. The van der Waals surface area contributed by atoms with Crippen molar-refractivity contribution in [1.82, 2.24) is 5.32 Å². The lowest BCUT2D eigenvalue weighted by Gasteiger charge is -2.32. The largest absolute Gasteiger partial charge is 0.349 e. The Morgan fingerprint density at radius 1 is 1.40 bits per heavy atom. The van der Waals surface area contributed by atoms with Gasteiger partial charge in [0.2, 0.25) is 5.91 Å². The van der Waals surface area contributed by atoms with Crippen molar-refractivity contribution in [2.24, 2.45) is 5.73 Å². The normalized spacial score (nSPS) is 12.4. The predicted octanol–water partition coefficient (Wildman–Crippen LogP) is 2.98. The zero-order chi connectivity index (χ0) is 14.5. The first kappa shape index (κ1) is 18.9. The molecule has 114 valence electrons. The third-order valence-corrected chi connectivity index (χ3v) is 3.87. The summed E-state index contributed by atoms with van der Waals surface area (Å²) in [5.41, 5.74) is 6.08. The van der Waals surface area contributed by atoms with Gasteiger partial charge in [0.25, 0.3) is 0 Å². The van der Waals surface area contributed by atoms with E-state index in [0.717, 1.165) is 12.8 Å². The molecule has 0 bridgehead atoms. The highest BCUT2D eigenvalue weighted by atomic mass is 35.5. The predicted molar refractivity (Wildman–Crippen MR) is 82.6 cm³/mol. The molecule has 1 unspecified atom stereocenters. The average Bonchev–Trinajstić information content (AvgIpc) is 2.44. The van der Waals surface area contributed by atoms with Gasteiger partial charge in [-0.1, -0.05) is 26.0 Å². The highest BCUT2D eigenvalue weighted by Crippen LogP contribution is 2.20. The highest BCUT2D eigenvalue weighted by Gasteiger charge is 2.28. The first-order valence-corrected chi connectivity index (χ1v) is 6.75. The van der Waals surface area contributed by atoms with Gasteiger partial charge in [0, 0.05) is 6.54 Å². The van der Waals surface area contributed by atoms with E-state index in [-0.39, 0.29) is 35.6 Å². The van der Waals surface area contributed by atoms with Crippen molar-refractivity contribution < 1.29 is 9.18 Å². The number of amides is 1. The van der Waals surface area contributed by atoms with Crippen LogP contribution < -0.4 is 11.1 Å². The maximum atomic E-state index is 13.2. The van der Waals surface area contributed by atoms with Gasteiger partial charge in [0.15, 0.2) is 0 Å². The minimum absolute atomic E-state index is 0. The topological polar surface area (TPSA) is 55.1 Å². The molecule has 3 N–H and O–H groups in total. The fourth-order valence-electron chi connectivity index (χ4n) is 2.06. The molecule has 1 rings (SSSR count). The molecule has 0 spiro atoms. The molecule has 1 aromatic carbocycles. The van der Waals surface area contributed by atoms with Crippen LogP contribution in [0.3, 0.4) is 0 Å². The fourth-order valence-corrected chi connectivity index (χ4v) is 2.06. The third kappa shape index (κ3) is 4.46. The Hall–Kier alpha value is -1.13. The number of carbonyl (C=O) groups is 1. The Morgan fingerprint density at radius 2 is 2.00 bits per heavy atom. The second-order valence-electron chi connectivity index (χ2n) is 4.96. The molecular formula is C15H24ClFN2O. The molecule has 0 aliphatic rings. The van der Waals surface area contributed by atoms with E-state index in [0.29, 0.717) is 12.1 Å². The monoisotopic (exact) mass is 302 g/mol. The lowest BCUT2D eigenvalue weighted by atomic mass is 9.91. The van der Waals surface area contributed by atoms with Crippen molar-refractivity contribution in [1.29, 1.82) is 0 Å². The van der Waals surface area contributed by atoms with Crippen LogP contribution in [0.1, 0.15) is 45.1 Å². The van der Waals surface area contributed by atoms with Gasteiger partial charge < -0.3 is 11.1 Å². The molecular weight excluding hydrogens is 279 g/mol. The van der Waals surface area contributed by atoms with Crippen molar-refractivity contribution in [3.8, 4) is 0 Å². The van der Waals surface area contributed by atoms with Crippen LogP contribution in [-0.2, 0) is 4.79 Å². The molecule has 5 heteroatoms. The number of benzene rings is 1. The molecule has 0 aromatic heterocycles. The number of halogens is 2. The minimum atomic E-state index is -0.389. The first-order valence-electron chi connectivity index (χ1n) is 6.75. The Balaban J connectivity index is 0.00000361. The number of nitrogens with two attached hydrogens (primary N) is 1. The molecule has 3 nitrogen and oxygen atoms in total. The van der Waals surface area contributed by atoms with E-state index < -0.39 is 0 Å². The lowest BCUT2D eigenvalue weighted by molar-refractivity contribution is -0.124. The van der Waals surface area contributed by atoms with E-state index in [4.69, 9.17) is 5.73 Å². The Labute approximate surface area is 126 Å². The van der Waals surface area contributed by atoms with Gasteiger partial charge in [0.1, 0.15) is 5.82 Å². The lowest BCUT2D eigenvalue weighted by Crippen LogP contribution is -2.53. The third-order valence-electron chi connectivity index (χ3n) is 3.87. The zero-order valence-corrected chi connectivity index (χ0v) is 13.1. The molecule has 0 radical (unpaired) electrons. The summed E-state index contributed by atoms with van der Waals surface area (Å²) in [7, 11) is 0. The molecule has 0 aliphatic heterocycles. The summed E-state index contributed by atoms with van der Waals surface area (Å²) in [5.74, 6) is -0.826. The SMILES string of the molecule is CCC(CC)(CN)NC(=O)C(C)c1cccc(F)c1.Cl. The summed E-state index contributed by atoms with van der Waals surface area (Å²) in [6.07, 6.45) is 1.56. The van der Waals surface area contributed by atoms with Gasteiger partial charge in [-0.3, -0.25) is 4.79 Å². The van der Waals surface area contributed by atoms with E-state index in [2.05, 4.69) is 5.32 Å². The summed E-state index contributed by atoms with van der Waals surface area (Å²) in [4.78, 5) is 12.3. The Bertz CT molecular complexity index is 427. The van der Waals surface area contributed by atoms with Gasteiger partial charge in [0.05, 0.1) is 11.5 Å². The summed E-state index contributed by atoms with van der Waals surface area (Å²) >= 11 is 0. The van der Waals surface area contributed by atoms with E-state index >= 15 is 0 Å². The van der Waals surface area contributed by atoms with Crippen molar-refractivity contribution in [3.63, 3.8) is 0 Å². The number of rotatable bonds is 6. The molecule has 20 heavy (non-hydrogen) atoms. The van der Waals surface area contributed by atoms with Crippen LogP contribution >= 0.6 is 12.4 Å². The molecule has 0 saturated carbocycles. The number of nitrogens with one attached hydrogen (secondary N) is 1. The maximum Gasteiger partial charge on any atom is 0.227 e.